The lowest BCUT2D eigenvalue weighted by Gasteiger charge is -2.15. The van der Waals surface area contributed by atoms with Crippen molar-refractivity contribution >= 4 is 21.9 Å². The molecule has 23 heavy (non-hydrogen) atoms. The summed E-state index contributed by atoms with van der Waals surface area (Å²) < 4.78 is 6.31. The zero-order valence-corrected chi connectivity index (χ0v) is 14.9. The molecule has 3 nitrogen and oxygen atoms in total. The van der Waals surface area contributed by atoms with Gasteiger partial charge < -0.3 is 4.74 Å². The Morgan fingerprint density at radius 1 is 1.17 bits per heavy atom. The maximum absolute atomic E-state index is 12.4. The van der Waals surface area contributed by atoms with Gasteiger partial charge in [-0.15, -0.1) is 0 Å². The molecule has 0 saturated carbocycles. The summed E-state index contributed by atoms with van der Waals surface area (Å²) in [5.41, 5.74) is 2.34. The lowest BCUT2D eigenvalue weighted by atomic mass is 10.1. The molecule has 1 aliphatic heterocycles. The number of halogens is 1. The summed E-state index contributed by atoms with van der Waals surface area (Å²) in [6, 6.07) is 18.3. The summed E-state index contributed by atoms with van der Waals surface area (Å²) in [6.07, 6.45) is 0. The fourth-order valence-electron chi connectivity index (χ4n) is 3.16. The molecule has 120 valence electrons. The molecule has 0 aromatic heterocycles. The second-order valence-electron chi connectivity index (χ2n) is 5.70. The molecule has 1 aliphatic rings. The Hall–Kier alpha value is -1.65. The number of carbonyl (C=O) groups is 1. The molecule has 1 saturated heterocycles. The molecule has 2 aromatic carbocycles. The van der Waals surface area contributed by atoms with Gasteiger partial charge in [0.25, 0.3) is 0 Å². The van der Waals surface area contributed by atoms with E-state index in [4.69, 9.17) is 4.74 Å². The van der Waals surface area contributed by atoms with E-state index in [2.05, 4.69) is 46.0 Å². The minimum atomic E-state index is -0.219. The predicted octanol–water partition coefficient (Wildman–Crippen LogP) is 4.50. The second kappa shape index (κ2) is 6.85. The van der Waals surface area contributed by atoms with E-state index in [1.165, 1.54) is 5.56 Å². The maximum atomic E-state index is 12.4. The molecule has 3 rings (SSSR count). The van der Waals surface area contributed by atoms with Crippen molar-refractivity contribution in [2.24, 2.45) is 0 Å². The van der Waals surface area contributed by atoms with Crippen LogP contribution in [0.5, 0.6) is 0 Å². The van der Waals surface area contributed by atoms with Gasteiger partial charge in [-0.25, -0.2) is 0 Å². The number of ether oxygens (including phenoxy) is 1. The van der Waals surface area contributed by atoms with Crippen LogP contribution in [0.3, 0.4) is 0 Å². The maximum Gasteiger partial charge on any atom is 0.325 e. The third-order valence-corrected chi connectivity index (χ3v) is 5.06. The average molecular weight is 374 g/mol. The van der Waals surface area contributed by atoms with Crippen LogP contribution in [0.2, 0.25) is 0 Å². The first-order valence-electron chi connectivity index (χ1n) is 7.88. The Morgan fingerprint density at radius 2 is 1.83 bits per heavy atom. The molecule has 1 fully saturated rings. The standard InChI is InChI=1S/C19H20BrNO2/c1-3-23-19(22)18-17(15-11-7-8-12-16(15)20)21(18)13(2)14-9-5-4-6-10-14/h4-13,17-18H,3H2,1-2H3/t13-,17-,18+,21?/m1/s1. The van der Waals surface area contributed by atoms with Crippen LogP contribution in [-0.2, 0) is 9.53 Å². The van der Waals surface area contributed by atoms with Crippen molar-refractivity contribution in [2.75, 3.05) is 6.61 Å². The molecule has 0 amide bonds. The van der Waals surface area contributed by atoms with Crippen LogP contribution in [0.1, 0.15) is 37.1 Å². The van der Waals surface area contributed by atoms with Gasteiger partial charge in [0, 0.05) is 10.5 Å². The van der Waals surface area contributed by atoms with Crippen molar-refractivity contribution in [3.8, 4) is 0 Å². The van der Waals surface area contributed by atoms with E-state index in [0.29, 0.717) is 6.61 Å². The van der Waals surface area contributed by atoms with Crippen LogP contribution >= 0.6 is 15.9 Å². The number of esters is 1. The predicted molar refractivity (Wildman–Crippen MR) is 94.0 cm³/mol. The Bertz CT molecular complexity index is 689. The largest absolute Gasteiger partial charge is 0.465 e. The fourth-order valence-corrected chi connectivity index (χ4v) is 3.68. The number of hydrogen-bond donors (Lipinski definition) is 0. The van der Waals surface area contributed by atoms with Crippen LogP contribution in [0.25, 0.3) is 0 Å². The lowest BCUT2D eigenvalue weighted by molar-refractivity contribution is -0.143. The van der Waals surface area contributed by atoms with E-state index in [9.17, 15) is 4.79 Å². The molecule has 4 heteroatoms. The van der Waals surface area contributed by atoms with E-state index >= 15 is 0 Å². The molecule has 1 unspecified atom stereocenters. The Morgan fingerprint density at radius 3 is 2.48 bits per heavy atom. The number of rotatable bonds is 5. The molecule has 0 N–H and O–H groups in total. The minimum absolute atomic E-state index is 0.0554. The van der Waals surface area contributed by atoms with Gasteiger partial charge in [0.2, 0.25) is 0 Å². The minimum Gasteiger partial charge on any atom is -0.465 e. The van der Waals surface area contributed by atoms with Crippen molar-refractivity contribution in [1.82, 2.24) is 4.90 Å². The summed E-state index contributed by atoms with van der Waals surface area (Å²) in [4.78, 5) is 14.6. The zero-order chi connectivity index (χ0) is 16.4. The van der Waals surface area contributed by atoms with Gasteiger partial charge >= 0.3 is 5.97 Å². The van der Waals surface area contributed by atoms with Gasteiger partial charge in [-0.1, -0.05) is 64.5 Å². The van der Waals surface area contributed by atoms with Gasteiger partial charge in [0.15, 0.2) is 0 Å². The molecule has 0 aliphatic carbocycles. The van der Waals surface area contributed by atoms with Crippen molar-refractivity contribution in [3.63, 3.8) is 0 Å². The van der Waals surface area contributed by atoms with Crippen molar-refractivity contribution in [3.05, 3.63) is 70.2 Å². The summed E-state index contributed by atoms with van der Waals surface area (Å²) in [6.45, 7) is 4.39. The smallest absolute Gasteiger partial charge is 0.325 e. The summed E-state index contributed by atoms with van der Waals surface area (Å²) >= 11 is 3.61. The Balaban J connectivity index is 1.90. The highest BCUT2D eigenvalue weighted by Crippen LogP contribution is 2.51. The topological polar surface area (TPSA) is 29.3 Å². The van der Waals surface area contributed by atoms with Gasteiger partial charge in [-0.2, -0.15) is 0 Å². The highest BCUT2D eigenvalue weighted by molar-refractivity contribution is 9.10. The van der Waals surface area contributed by atoms with Crippen LogP contribution in [0.15, 0.2) is 59.1 Å². The van der Waals surface area contributed by atoms with E-state index in [1.54, 1.807) is 0 Å². The summed E-state index contributed by atoms with van der Waals surface area (Å²) in [5, 5.41) is 0. The molecule has 2 aromatic rings. The number of benzene rings is 2. The highest BCUT2D eigenvalue weighted by Gasteiger charge is 2.57. The first-order chi connectivity index (χ1) is 11.1. The van der Waals surface area contributed by atoms with E-state index in [-0.39, 0.29) is 24.1 Å². The van der Waals surface area contributed by atoms with Gasteiger partial charge in [0.1, 0.15) is 6.04 Å². The summed E-state index contributed by atoms with van der Waals surface area (Å²) in [5.74, 6) is -0.143. The molecule has 4 atom stereocenters. The van der Waals surface area contributed by atoms with E-state index in [1.807, 2.05) is 43.3 Å². The second-order valence-corrected chi connectivity index (χ2v) is 6.55. The number of nitrogens with zero attached hydrogens (tertiary/aromatic N) is 1. The SMILES string of the molecule is CCOC(=O)[C@@H]1[C@@H](c2ccccc2Br)N1[C@H](C)c1ccccc1. The van der Waals surface area contributed by atoms with E-state index < -0.39 is 0 Å². The molecule has 1 heterocycles. The fraction of sp³-hybridized carbons (Fsp3) is 0.316. The zero-order valence-electron chi connectivity index (χ0n) is 13.3. The van der Waals surface area contributed by atoms with Crippen LogP contribution in [0, 0.1) is 0 Å². The quantitative estimate of drug-likeness (QED) is 0.570. The van der Waals surface area contributed by atoms with Gasteiger partial charge in [-0.3, -0.25) is 9.69 Å². The van der Waals surface area contributed by atoms with Crippen LogP contribution < -0.4 is 0 Å². The van der Waals surface area contributed by atoms with Gasteiger partial charge in [-0.05, 0) is 31.0 Å². The number of carbonyl (C=O) groups excluding carboxylic acids is 1. The van der Waals surface area contributed by atoms with Crippen molar-refractivity contribution in [1.29, 1.82) is 0 Å². The first-order valence-corrected chi connectivity index (χ1v) is 8.68. The molecule has 0 spiro atoms. The molecule has 0 bridgehead atoms. The molecule has 0 radical (unpaired) electrons. The first kappa shape index (κ1) is 16.2. The molecular weight excluding hydrogens is 354 g/mol. The van der Waals surface area contributed by atoms with Crippen molar-refractivity contribution in [2.45, 2.75) is 32.0 Å². The molecular formula is C19H20BrNO2. The van der Waals surface area contributed by atoms with E-state index in [0.717, 1.165) is 10.0 Å². The normalized spacial score (nSPS) is 24.0. The van der Waals surface area contributed by atoms with Crippen LogP contribution in [0.4, 0.5) is 0 Å². The lowest BCUT2D eigenvalue weighted by Crippen LogP contribution is -2.18. The highest BCUT2D eigenvalue weighted by atomic mass is 79.9. The van der Waals surface area contributed by atoms with Gasteiger partial charge in [0.05, 0.1) is 12.6 Å². The number of hydrogen-bond acceptors (Lipinski definition) is 3. The summed E-state index contributed by atoms with van der Waals surface area (Å²) in [7, 11) is 0. The third-order valence-electron chi connectivity index (χ3n) is 4.33. The monoisotopic (exact) mass is 373 g/mol. The third kappa shape index (κ3) is 3.19. The Kier molecular flexibility index (Phi) is 4.83. The average Bonchev–Trinajstić information content (AvgIpc) is 3.31. The van der Waals surface area contributed by atoms with Crippen molar-refractivity contribution < 1.29 is 9.53 Å². The Labute approximate surface area is 145 Å². The van der Waals surface area contributed by atoms with Crippen LogP contribution in [-0.4, -0.2) is 23.5 Å².